The van der Waals surface area contributed by atoms with E-state index in [0.29, 0.717) is 17.4 Å². The van der Waals surface area contributed by atoms with Gasteiger partial charge in [-0.25, -0.2) is 4.79 Å². The number of aliphatic carboxylic acids is 1. The largest absolute Gasteiger partial charge is 0.477 e. The van der Waals surface area contributed by atoms with Gasteiger partial charge in [-0.2, -0.15) is 0 Å². The van der Waals surface area contributed by atoms with Crippen LogP contribution < -0.4 is 0 Å². The second-order valence-corrected chi connectivity index (χ2v) is 20.9. The number of hydrogen-bond donors (Lipinski definition) is 1. The zero-order valence-electron chi connectivity index (χ0n) is 47.8. The van der Waals surface area contributed by atoms with Gasteiger partial charge in [0.15, 0.2) is 6.10 Å². The summed E-state index contributed by atoms with van der Waals surface area (Å²) in [6, 6.07) is 0. The van der Waals surface area contributed by atoms with Crippen LogP contribution in [0.25, 0.3) is 0 Å². The highest BCUT2D eigenvalue weighted by molar-refractivity contribution is 5.71. The SMILES string of the molecule is CC/C=C\C/C=C\C/C=C\C/C=C\C/C=C\CCCCCCCCCCCCCCCCCC(=O)OC(COC(=O)CCCCCCCCC/C=C\C/C=C\CCCCC)COC(OCC[N+](C)(C)C)C(=O)O. The third-order valence-corrected chi connectivity index (χ3v) is 12.6. The molecular weight excluding hydrogens is 911 g/mol. The first-order chi connectivity index (χ1) is 35.6. The lowest BCUT2D eigenvalue weighted by Crippen LogP contribution is -2.40. The molecule has 420 valence electrons. The van der Waals surface area contributed by atoms with Crippen LogP contribution in [0.4, 0.5) is 0 Å². The number of carbonyl (C=O) groups is 3. The molecule has 0 fully saturated rings. The Morgan fingerprint density at radius 1 is 0.425 bits per heavy atom. The van der Waals surface area contributed by atoms with Gasteiger partial charge in [0.25, 0.3) is 6.29 Å². The maximum Gasteiger partial charge on any atom is 0.361 e. The highest BCUT2D eigenvalue weighted by atomic mass is 16.7. The van der Waals surface area contributed by atoms with Crippen molar-refractivity contribution in [3.05, 3.63) is 85.1 Å². The second kappa shape index (κ2) is 54.7. The van der Waals surface area contributed by atoms with Crippen molar-refractivity contribution in [2.45, 2.75) is 257 Å². The molecule has 0 aliphatic carbocycles. The Kier molecular flexibility index (Phi) is 52.1. The van der Waals surface area contributed by atoms with Crippen molar-refractivity contribution in [2.24, 2.45) is 0 Å². The number of rotatable bonds is 54. The number of carbonyl (C=O) groups excluding carboxylic acids is 2. The van der Waals surface area contributed by atoms with Crippen LogP contribution in [0, 0.1) is 0 Å². The lowest BCUT2D eigenvalue weighted by molar-refractivity contribution is -0.870. The number of hydrogen-bond acceptors (Lipinski definition) is 7. The monoisotopic (exact) mass is 1020 g/mol. The zero-order chi connectivity index (χ0) is 53.4. The number of allylic oxidation sites excluding steroid dienone is 14. The third kappa shape index (κ3) is 56.0. The molecule has 1 N–H and O–H groups in total. The van der Waals surface area contributed by atoms with Crippen LogP contribution in [0.2, 0.25) is 0 Å². The van der Waals surface area contributed by atoms with Crippen LogP contribution in [0.1, 0.15) is 245 Å². The van der Waals surface area contributed by atoms with Crippen molar-refractivity contribution in [2.75, 3.05) is 47.5 Å². The van der Waals surface area contributed by atoms with Gasteiger partial charge in [0.1, 0.15) is 13.2 Å². The van der Waals surface area contributed by atoms with E-state index >= 15 is 0 Å². The fraction of sp³-hybridized carbons (Fsp3) is 0.734. The van der Waals surface area contributed by atoms with Crippen molar-refractivity contribution in [3.63, 3.8) is 0 Å². The lowest BCUT2D eigenvalue weighted by atomic mass is 10.0. The summed E-state index contributed by atoms with van der Waals surface area (Å²) < 4.78 is 22.9. The fourth-order valence-electron chi connectivity index (χ4n) is 8.07. The van der Waals surface area contributed by atoms with Crippen molar-refractivity contribution in [1.82, 2.24) is 0 Å². The van der Waals surface area contributed by atoms with E-state index in [-0.39, 0.29) is 32.2 Å². The van der Waals surface area contributed by atoms with Gasteiger partial charge >= 0.3 is 17.9 Å². The molecule has 0 heterocycles. The van der Waals surface area contributed by atoms with Gasteiger partial charge in [-0.05, 0) is 89.9 Å². The van der Waals surface area contributed by atoms with Gasteiger partial charge in [0.05, 0.1) is 34.4 Å². The summed E-state index contributed by atoms with van der Waals surface area (Å²) in [7, 11) is 5.96. The number of quaternary nitrogens is 1. The number of carboxylic acid groups (broad SMARTS) is 1. The van der Waals surface area contributed by atoms with E-state index in [0.717, 1.165) is 89.9 Å². The first-order valence-electron chi connectivity index (χ1n) is 29.8. The molecule has 0 amide bonds. The zero-order valence-corrected chi connectivity index (χ0v) is 47.8. The summed E-state index contributed by atoms with van der Waals surface area (Å²) in [6.45, 7) is 4.74. The third-order valence-electron chi connectivity index (χ3n) is 12.6. The molecule has 0 aromatic carbocycles. The van der Waals surface area contributed by atoms with Gasteiger partial charge in [-0.1, -0.05) is 227 Å². The van der Waals surface area contributed by atoms with Crippen LogP contribution in [-0.4, -0.2) is 87.4 Å². The van der Waals surface area contributed by atoms with Crippen LogP contribution in [0.5, 0.6) is 0 Å². The molecule has 2 unspecified atom stereocenters. The molecule has 0 aliphatic rings. The summed E-state index contributed by atoms with van der Waals surface area (Å²) in [5.74, 6) is -2.01. The van der Waals surface area contributed by atoms with Crippen LogP contribution in [0.3, 0.4) is 0 Å². The number of carboxylic acids is 1. The first-order valence-corrected chi connectivity index (χ1v) is 29.8. The number of unbranched alkanes of at least 4 members (excludes halogenated alkanes) is 25. The number of esters is 2. The molecular formula is C64H112NO8+. The Morgan fingerprint density at radius 2 is 0.781 bits per heavy atom. The maximum atomic E-state index is 12.9. The Balaban J connectivity index is 4.18. The van der Waals surface area contributed by atoms with Crippen LogP contribution >= 0.6 is 0 Å². The topological polar surface area (TPSA) is 108 Å². The predicted molar refractivity (Wildman–Crippen MR) is 309 cm³/mol. The Morgan fingerprint density at radius 3 is 1.16 bits per heavy atom. The van der Waals surface area contributed by atoms with Crippen molar-refractivity contribution in [3.8, 4) is 0 Å². The summed E-state index contributed by atoms with van der Waals surface area (Å²) in [6.07, 6.45) is 69.5. The van der Waals surface area contributed by atoms with Gasteiger partial charge in [-0.15, -0.1) is 0 Å². The fourth-order valence-corrected chi connectivity index (χ4v) is 8.07. The molecule has 0 saturated heterocycles. The molecule has 0 aliphatic heterocycles. The average Bonchev–Trinajstić information content (AvgIpc) is 3.36. The molecule has 0 aromatic rings. The molecule has 2 atom stereocenters. The minimum atomic E-state index is -1.51. The molecule has 0 spiro atoms. The van der Waals surface area contributed by atoms with E-state index in [1.165, 1.54) is 128 Å². The predicted octanol–water partition coefficient (Wildman–Crippen LogP) is 17.6. The van der Waals surface area contributed by atoms with Crippen molar-refractivity contribution in [1.29, 1.82) is 0 Å². The number of likely N-dealkylation sites (N-methyl/N-ethyl adjacent to an activating group) is 1. The second-order valence-electron chi connectivity index (χ2n) is 20.9. The van der Waals surface area contributed by atoms with Crippen molar-refractivity contribution < 1.29 is 42.9 Å². The van der Waals surface area contributed by atoms with Gasteiger partial charge < -0.3 is 28.5 Å². The lowest BCUT2D eigenvalue weighted by Gasteiger charge is -2.25. The molecule has 0 radical (unpaired) electrons. The first kappa shape index (κ1) is 69.5. The normalized spacial score (nSPS) is 13.4. The molecule has 9 heteroatoms. The number of ether oxygens (including phenoxy) is 4. The summed E-state index contributed by atoms with van der Waals surface area (Å²) in [5.41, 5.74) is 0. The highest BCUT2D eigenvalue weighted by Crippen LogP contribution is 2.16. The van der Waals surface area contributed by atoms with E-state index < -0.39 is 24.3 Å². The summed E-state index contributed by atoms with van der Waals surface area (Å²) >= 11 is 0. The molecule has 9 nitrogen and oxygen atoms in total. The van der Waals surface area contributed by atoms with Gasteiger partial charge in [-0.3, -0.25) is 9.59 Å². The van der Waals surface area contributed by atoms with Gasteiger partial charge in [0.2, 0.25) is 0 Å². The average molecular weight is 1020 g/mol. The molecule has 0 rings (SSSR count). The smallest absolute Gasteiger partial charge is 0.361 e. The molecule has 0 bridgehead atoms. The summed E-state index contributed by atoms with van der Waals surface area (Å²) in [4.78, 5) is 37.4. The minimum absolute atomic E-state index is 0.184. The quantitative estimate of drug-likeness (QED) is 0.0211. The minimum Gasteiger partial charge on any atom is -0.477 e. The van der Waals surface area contributed by atoms with E-state index in [9.17, 15) is 19.5 Å². The standard InChI is InChI=1S/C64H111NO8/c1-6-8-10-12-14-16-18-20-22-24-25-26-27-28-29-30-31-32-33-34-35-36-37-39-41-43-45-47-49-51-53-55-62(67)73-60(59-72-64(63(68)69)70-57-56-65(3,4)5)58-71-61(66)54-52-50-48-46-44-42-40-38-23-21-19-17-15-13-11-9-7-2/h8,10,14-17,20-23,25-26,28-29,60,64H,6-7,9,11-13,18-19,24,27,30-59H2,1-5H3/p+1/b10-8-,16-14-,17-15-,22-20-,23-21-,26-25-,29-28-. The Labute approximate surface area is 449 Å². The Bertz CT molecular complexity index is 1470. The Hall–Kier alpha value is -3.53. The van der Waals surface area contributed by atoms with Crippen LogP contribution in [0.15, 0.2) is 85.1 Å². The van der Waals surface area contributed by atoms with E-state index in [4.69, 9.17) is 18.9 Å². The molecule has 73 heavy (non-hydrogen) atoms. The molecule has 0 aromatic heterocycles. The summed E-state index contributed by atoms with van der Waals surface area (Å²) in [5, 5.41) is 9.70. The highest BCUT2D eigenvalue weighted by Gasteiger charge is 2.25. The maximum absolute atomic E-state index is 12.9. The van der Waals surface area contributed by atoms with E-state index in [2.05, 4.69) is 98.9 Å². The number of nitrogens with zero attached hydrogens (tertiary/aromatic N) is 1. The molecule has 0 saturated carbocycles. The van der Waals surface area contributed by atoms with E-state index in [1.807, 2.05) is 21.1 Å². The van der Waals surface area contributed by atoms with Crippen LogP contribution in [-0.2, 0) is 33.3 Å². The van der Waals surface area contributed by atoms with E-state index in [1.54, 1.807) is 0 Å². The van der Waals surface area contributed by atoms with Crippen molar-refractivity contribution >= 4 is 17.9 Å². The van der Waals surface area contributed by atoms with Gasteiger partial charge in [0, 0.05) is 12.8 Å².